The molecule has 1 heterocycles. The van der Waals surface area contributed by atoms with E-state index in [9.17, 15) is 14.4 Å². The number of amides is 3. The van der Waals surface area contributed by atoms with E-state index in [-0.39, 0.29) is 23.8 Å². The molecule has 0 spiro atoms. The summed E-state index contributed by atoms with van der Waals surface area (Å²) >= 11 is 0. The number of rotatable bonds is 5. The molecule has 1 fully saturated rings. The molecule has 0 unspecified atom stereocenters. The quantitative estimate of drug-likeness (QED) is 0.701. The van der Waals surface area contributed by atoms with Gasteiger partial charge in [-0.25, -0.2) is 4.79 Å². The largest absolute Gasteiger partial charge is 0.444 e. The van der Waals surface area contributed by atoms with Crippen LogP contribution in [0.1, 0.15) is 61.3 Å². The minimum Gasteiger partial charge on any atom is -0.444 e. The first-order valence-corrected chi connectivity index (χ1v) is 9.99. The molecular formula is C21H37N3O4. The average Bonchev–Trinajstić information content (AvgIpc) is 2.56. The molecule has 0 aromatic heterocycles. The van der Waals surface area contributed by atoms with Crippen molar-refractivity contribution >= 4 is 17.9 Å². The third kappa shape index (κ3) is 9.24. The predicted molar refractivity (Wildman–Crippen MR) is 110 cm³/mol. The molecule has 0 aromatic carbocycles. The second-order valence-corrected chi connectivity index (χ2v) is 9.51. The van der Waals surface area contributed by atoms with Gasteiger partial charge in [0.25, 0.3) is 0 Å². The van der Waals surface area contributed by atoms with Crippen molar-refractivity contribution in [2.75, 3.05) is 26.2 Å². The van der Waals surface area contributed by atoms with Crippen LogP contribution in [0.2, 0.25) is 0 Å². The van der Waals surface area contributed by atoms with Gasteiger partial charge in [0.05, 0.1) is 6.54 Å². The van der Waals surface area contributed by atoms with Crippen LogP contribution in [0.25, 0.3) is 0 Å². The fraction of sp³-hybridized carbons (Fsp3) is 0.762. The summed E-state index contributed by atoms with van der Waals surface area (Å²) in [5.74, 6) is 0.159. The van der Waals surface area contributed by atoms with Crippen molar-refractivity contribution in [1.82, 2.24) is 15.5 Å². The van der Waals surface area contributed by atoms with Gasteiger partial charge in [-0.05, 0) is 51.9 Å². The maximum Gasteiger partial charge on any atom is 0.408 e. The van der Waals surface area contributed by atoms with Crippen LogP contribution in [0.15, 0.2) is 11.6 Å². The Labute approximate surface area is 169 Å². The molecule has 2 N–H and O–H groups in total. The Balaban J connectivity index is 2.31. The van der Waals surface area contributed by atoms with Crippen LogP contribution in [0.3, 0.4) is 0 Å². The van der Waals surface area contributed by atoms with E-state index in [1.165, 1.54) is 0 Å². The number of hydrogen-bond acceptors (Lipinski definition) is 4. The Kier molecular flexibility index (Phi) is 8.51. The van der Waals surface area contributed by atoms with E-state index < -0.39 is 11.7 Å². The summed E-state index contributed by atoms with van der Waals surface area (Å²) in [6, 6.07) is 0. The first-order valence-electron chi connectivity index (χ1n) is 9.99. The van der Waals surface area contributed by atoms with Gasteiger partial charge in [0.15, 0.2) is 0 Å². The number of alkyl carbamates (subject to hydrolysis) is 1. The highest BCUT2D eigenvalue weighted by Crippen LogP contribution is 2.25. The highest BCUT2D eigenvalue weighted by Gasteiger charge is 2.23. The van der Waals surface area contributed by atoms with Gasteiger partial charge < -0.3 is 20.3 Å². The second-order valence-electron chi connectivity index (χ2n) is 9.51. The molecule has 0 aromatic rings. The fourth-order valence-corrected chi connectivity index (χ4v) is 2.64. The average molecular weight is 396 g/mol. The zero-order valence-electron chi connectivity index (χ0n) is 18.5. The number of carbonyl (C=O) groups excluding carboxylic acids is 3. The molecule has 28 heavy (non-hydrogen) atoms. The predicted octanol–water partition coefficient (Wildman–Crippen LogP) is 2.86. The first kappa shape index (κ1) is 24.0. The van der Waals surface area contributed by atoms with E-state index in [0.717, 1.165) is 18.4 Å². The van der Waals surface area contributed by atoms with Crippen LogP contribution in [0, 0.1) is 11.3 Å². The summed E-state index contributed by atoms with van der Waals surface area (Å²) in [5.41, 5.74) is 0.474. The summed E-state index contributed by atoms with van der Waals surface area (Å²) in [6.07, 6.45) is 2.85. The number of carbonyl (C=O) groups is 3. The van der Waals surface area contributed by atoms with E-state index in [2.05, 4.69) is 31.4 Å². The van der Waals surface area contributed by atoms with E-state index in [0.29, 0.717) is 25.6 Å². The van der Waals surface area contributed by atoms with Gasteiger partial charge in [0.1, 0.15) is 5.60 Å². The Morgan fingerprint density at radius 3 is 2.11 bits per heavy atom. The number of nitrogens with one attached hydrogen (secondary N) is 2. The van der Waals surface area contributed by atoms with Gasteiger partial charge in [-0.3, -0.25) is 9.59 Å². The first-order chi connectivity index (χ1) is 12.8. The van der Waals surface area contributed by atoms with Crippen LogP contribution in [-0.4, -0.2) is 54.6 Å². The van der Waals surface area contributed by atoms with E-state index in [4.69, 9.17) is 4.74 Å². The van der Waals surface area contributed by atoms with E-state index in [1.54, 1.807) is 26.8 Å². The molecule has 7 heteroatoms. The number of hydrogen-bond donors (Lipinski definition) is 2. The second kappa shape index (κ2) is 9.94. The Morgan fingerprint density at radius 1 is 1.04 bits per heavy atom. The van der Waals surface area contributed by atoms with Crippen molar-refractivity contribution in [3.63, 3.8) is 0 Å². The topological polar surface area (TPSA) is 87.7 Å². The lowest BCUT2D eigenvalue weighted by Crippen LogP contribution is -2.43. The monoisotopic (exact) mass is 395 g/mol. The number of likely N-dealkylation sites (tertiary alicyclic amines) is 1. The van der Waals surface area contributed by atoms with Gasteiger partial charge in [0.2, 0.25) is 11.8 Å². The maximum atomic E-state index is 12.4. The standard InChI is InChI=1S/C21H37N3O4/c1-15(20(2,3)4)12-18(26)24-10-8-16(9-11-24)13-22-17(25)14-23-19(27)28-21(5,6)7/h12,16H,8-11,13-14H2,1-7H3,(H,22,25)(H,23,27)/b15-12+. The van der Waals surface area contributed by atoms with Crippen molar-refractivity contribution in [3.05, 3.63) is 11.6 Å². The summed E-state index contributed by atoms with van der Waals surface area (Å²) in [4.78, 5) is 37.7. The summed E-state index contributed by atoms with van der Waals surface area (Å²) in [6.45, 7) is 15.4. The molecule has 0 aliphatic carbocycles. The normalized spacial score (nSPS) is 16.5. The van der Waals surface area contributed by atoms with E-state index >= 15 is 0 Å². The lowest BCUT2D eigenvalue weighted by molar-refractivity contribution is -0.127. The van der Waals surface area contributed by atoms with Crippen LogP contribution in [0.5, 0.6) is 0 Å². The third-order valence-electron chi connectivity index (χ3n) is 4.83. The highest BCUT2D eigenvalue weighted by molar-refractivity contribution is 5.88. The van der Waals surface area contributed by atoms with Crippen molar-refractivity contribution in [1.29, 1.82) is 0 Å². The number of piperidine rings is 1. The molecule has 160 valence electrons. The molecule has 1 saturated heterocycles. The van der Waals surface area contributed by atoms with Crippen molar-refractivity contribution in [2.45, 2.75) is 66.9 Å². The Morgan fingerprint density at radius 2 is 1.61 bits per heavy atom. The molecule has 3 amide bonds. The van der Waals surface area contributed by atoms with Crippen molar-refractivity contribution in [3.8, 4) is 0 Å². The zero-order chi connectivity index (χ0) is 21.5. The minimum absolute atomic E-state index is 0.00833. The van der Waals surface area contributed by atoms with Gasteiger partial charge >= 0.3 is 6.09 Å². The lowest BCUT2D eigenvalue weighted by Gasteiger charge is -2.32. The van der Waals surface area contributed by atoms with Crippen molar-refractivity contribution < 1.29 is 19.1 Å². The van der Waals surface area contributed by atoms with Gasteiger partial charge in [-0.1, -0.05) is 26.3 Å². The van der Waals surface area contributed by atoms with E-state index in [1.807, 2.05) is 11.8 Å². The number of ether oxygens (including phenoxy) is 1. The molecule has 0 bridgehead atoms. The zero-order valence-corrected chi connectivity index (χ0v) is 18.5. The smallest absolute Gasteiger partial charge is 0.408 e. The fourth-order valence-electron chi connectivity index (χ4n) is 2.64. The molecule has 1 aliphatic rings. The minimum atomic E-state index is -0.604. The molecule has 7 nitrogen and oxygen atoms in total. The lowest BCUT2D eigenvalue weighted by atomic mass is 9.87. The SMILES string of the molecule is C/C(=C\C(=O)N1CCC(CNC(=O)CNC(=O)OC(C)(C)C)CC1)C(C)(C)C. The summed E-state index contributed by atoms with van der Waals surface area (Å²) in [7, 11) is 0. The molecular weight excluding hydrogens is 358 g/mol. The van der Waals surface area contributed by atoms with Gasteiger partial charge in [-0.2, -0.15) is 0 Å². The Hall–Kier alpha value is -2.05. The third-order valence-corrected chi connectivity index (χ3v) is 4.83. The Bertz CT molecular complexity index is 592. The summed E-state index contributed by atoms with van der Waals surface area (Å²) in [5, 5.41) is 5.29. The molecule has 0 radical (unpaired) electrons. The van der Waals surface area contributed by atoms with Crippen LogP contribution in [0.4, 0.5) is 4.79 Å². The van der Waals surface area contributed by atoms with Crippen molar-refractivity contribution in [2.24, 2.45) is 11.3 Å². The number of nitrogens with zero attached hydrogens (tertiary/aromatic N) is 1. The molecule has 1 rings (SSSR count). The van der Waals surface area contributed by atoms with Gasteiger partial charge in [0, 0.05) is 25.7 Å². The van der Waals surface area contributed by atoms with Gasteiger partial charge in [-0.15, -0.1) is 0 Å². The van der Waals surface area contributed by atoms with Crippen LogP contribution in [-0.2, 0) is 14.3 Å². The molecule has 0 saturated carbocycles. The summed E-state index contributed by atoms with van der Waals surface area (Å²) < 4.78 is 5.09. The molecule has 1 aliphatic heterocycles. The molecule has 0 atom stereocenters. The van der Waals surface area contributed by atoms with Crippen LogP contribution >= 0.6 is 0 Å². The number of allylic oxidation sites excluding steroid dienone is 1. The highest BCUT2D eigenvalue weighted by atomic mass is 16.6. The maximum absolute atomic E-state index is 12.4. The van der Waals surface area contributed by atoms with Crippen LogP contribution < -0.4 is 10.6 Å².